The van der Waals surface area contributed by atoms with E-state index in [-0.39, 0.29) is 15.8 Å². The minimum absolute atomic E-state index is 0.103. The SMILES string of the molecule is CCC(Cl)Oc1c(Cl)cc(C(C)=O)cc1Cl. The van der Waals surface area contributed by atoms with Crippen LogP contribution in [-0.2, 0) is 0 Å². The second kappa shape index (κ2) is 5.76. The van der Waals surface area contributed by atoms with Crippen LogP contribution in [0.25, 0.3) is 0 Å². The first-order valence-corrected chi connectivity index (χ1v) is 5.95. The molecule has 1 aromatic carbocycles. The van der Waals surface area contributed by atoms with Gasteiger partial charge in [-0.3, -0.25) is 4.79 Å². The van der Waals surface area contributed by atoms with Crippen molar-refractivity contribution >= 4 is 40.6 Å². The summed E-state index contributed by atoms with van der Waals surface area (Å²) < 4.78 is 5.35. The topological polar surface area (TPSA) is 26.3 Å². The number of hydrogen-bond acceptors (Lipinski definition) is 2. The monoisotopic (exact) mass is 280 g/mol. The molecule has 88 valence electrons. The number of carbonyl (C=O) groups excluding carboxylic acids is 1. The summed E-state index contributed by atoms with van der Waals surface area (Å²) in [5.74, 6) is 0.212. The van der Waals surface area contributed by atoms with Crippen molar-refractivity contribution in [1.29, 1.82) is 0 Å². The van der Waals surface area contributed by atoms with Gasteiger partial charge in [0.1, 0.15) is 0 Å². The molecule has 5 heteroatoms. The third-order valence-corrected chi connectivity index (χ3v) is 2.93. The quantitative estimate of drug-likeness (QED) is 0.598. The van der Waals surface area contributed by atoms with Crippen molar-refractivity contribution < 1.29 is 9.53 Å². The molecule has 1 atom stereocenters. The number of ketones is 1. The number of carbonyl (C=O) groups is 1. The maximum atomic E-state index is 11.2. The molecule has 0 saturated carbocycles. The summed E-state index contributed by atoms with van der Waals surface area (Å²) in [4.78, 5) is 11.2. The van der Waals surface area contributed by atoms with Crippen LogP contribution < -0.4 is 4.74 Å². The molecule has 0 radical (unpaired) electrons. The highest BCUT2D eigenvalue weighted by Gasteiger charge is 2.14. The van der Waals surface area contributed by atoms with Gasteiger partial charge in [0.15, 0.2) is 17.1 Å². The molecule has 0 heterocycles. The molecule has 0 aliphatic heterocycles. The molecule has 0 N–H and O–H groups in total. The number of benzene rings is 1. The Balaban J connectivity index is 3.07. The van der Waals surface area contributed by atoms with Crippen molar-refractivity contribution in [3.63, 3.8) is 0 Å². The van der Waals surface area contributed by atoms with Crippen LogP contribution in [0.15, 0.2) is 12.1 Å². The number of halogens is 3. The standard InChI is InChI=1S/C11H11Cl3O2/c1-3-10(14)16-11-8(12)4-7(6(2)15)5-9(11)13/h4-5,10H,3H2,1-2H3. The number of Topliss-reactive ketones (excluding diaryl/α,β-unsaturated/α-hetero) is 1. The number of ether oxygens (including phenoxy) is 1. The van der Waals surface area contributed by atoms with Crippen LogP contribution in [0.4, 0.5) is 0 Å². The summed E-state index contributed by atoms with van der Waals surface area (Å²) in [6.07, 6.45) is 0.628. The molecule has 0 bridgehead atoms. The Morgan fingerprint density at radius 1 is 1.38 bits per heavy atom. The molecule has 0 aliphatic carbocycles. The van der Waals surface area contributed by atoms with Gasteiger partial charge in [-0.2, -0.15) is 0 Å². The molecular formula is C11H11Cl3O2. The zero-order valence-electron chi connectivity index (χ0n) is 8.89. The zero-order chi connectivity index (χ0) is 12.3. The molecule has 1 rings (SSSR count). The van der Waals surface area contributed by atoms with E-state index in [2.05, 4.69) is 0 Å². The van der Waals surface area contributed by atoms with Gasteiger partial charge in [0.05, 0.1) is 10.0 Å². The van der Waals surface area contributed by atoms with Crippen LogP contribution in [0.5, 0.6) is 5.75 Å². The molecule has 16 heavy (non-hydrogen) atoms. The first-order valence-electron chi connectivity index (χ1n) is 4.76. The van der Waals surface area contributed by atoms with Gasteiger partial charge in [0.2, 0.25) is 0 Å². The van der Waals surface area contributed by atoms with E-state index in [0.717, 1.165) is 0 Å². The zero-order valence-corrected chi connectivity index (χ0v) is 11.2. The lowest BCUT2D eigenvalue weighted by atomic mass is 10.1. The maximum absolute atomic E-state index is 11.2. The van der Waals surface area contributed by atoms with E-state index >= 15 is 0 Å². The van der Waals surface area contributed by atoms with Crippen molar-refractivity contribution in [2.75, 3.05) is 0 Å². The Bertz CT molecular complexity index is 381. The van der Waals surface area contributed by atoms with Crippen LogP contribution in [-0.4, -0.2) is 11.3 Å². The second-order valence-corrected chi connectivity index (χ2v) is 4.56. The minimum atomic E-state index is -0.488. The summed E-state index contributed by atoms with van der Waals surface area (Å²) in [6.45, 7) is 3.32. The average molecular weight is 282 g/mol. The van der Waals surface area contributed by atoms with Crippen LogP contribution >= 0.6 is 34.8 Å². The third-order valence-electron chi connectivity index (χ3n) is 1.97. The third kappa shape index (κ3) is 3.27. The van der Waals surface area contributed by atoms with E-state index in [1.165, 1.54) is 19.1 Å². The van der Waals surface area contributed by atoms with Crippen molar-refractivity contribution in [3.05, 3.63) is 27.7 Å². The Kier molecular flexibility index (Phi) is 4.90. The number of rotatable bonds is 4. The highest BCUT2D eigenvalue weighted by atomic mass is 35.5. The Labute approximate surface area is 109 Å². The van der Waals surface area contributed by atoms with E-state index in [9.17, 15) is 4.79 Å². The maximum Gasteiger partial charge on any atom is 0.172 e. The lowest BCUT2D eigenvalue weighted by Crippen LogP contribution is -2.07. The van der Waals surface area contributed by atoms with Gasteiger partial charge in [-0.25, -0.2) is 0 Å². The number of alkyl halides is 1. The first kappa shape index (κ1) is 13.6. The largest absolute Gasteiger partial charge is 0.472 e. The smallest absolute Gasteiger partial charge is 0.172 e. The van der Waals surface area contributed by atoms with E-state index < -0.39 is 5.56 Å². The van der Waals surface area contributed by atoms with Crippen LogP contribution in [0.2, 0.25) is 10.0 Å². The molecule has 0 fully saturated rings. The summed E-state index contributed by atoms with van der Waals surface area (Å²) >= 11 is 17.8. The van der Waals surface area contributed by atoms with Gasteiger partial charge >= 0.3 is 0 Å². The number of hydrogen-bond donors (Lipinski definition) is 0. The van der Waals surface area contributed by atoms with E-state index in [1.807, 2.05) is 6.92 Å². The Morgan fingerprint density at radius 2 is 1.88 bits per heavy atom. The second-order valence-electron chi connectivity index (χ2n) is 3.26. The van der Waals surface area contributed by atoms with E-state index in [1.54, 1.807) is 0 Å². The van der Waals surface area contributed by atoms with Crippen molar-refractivity contribution in [1.82, 2.24) is 0 Å². The Hall–Kier alpha value is -0.440. The van der Waals surface area contributed by atoms with Gasteiger partial charge < -0.3 is 4.74 Å². The first-order chi connectivity index (χ1) is 7.45. The van der Waals surface area contributed by atoms with E-state index in [0.29, 0.717) is 17.7 Å². The highest BCUT2D eigenvalue weighted by Crippen LogP contribution is 2.35. The molecule has 0 aliphatic rings. The molecule has 1 aromatic rings. The fraction of sp³-hybridized carbons (Fsp3) is 0.364. The van der Waals surface area contributed by atoms with Crippen LogP contribution in [0.3, 0.4) is 0 Å². The summed E-state index contributed by atoms with van der Waals surface area (Å²) in [5, 5.41) is 0.577. The predicted octanol–water partition coefficient (Wildman–Crippen LogP) is 4.55. The summed E-state index contributed by atoms with van der Waals surface area (Å²) in [5.41, 5.74) is -0.0388. The van der Waals surface area contributed by atoms with Crippen LogP contribution in [0.1, 0.15) is 30.6 Å². The summed E-state index contributed by atoms with van der Waals surface area (Å²) in [6, 6.07) is 3.04. The van der Waals surface area contributed by atoms with Crippen LogP contribution in [0, 0.1) is 0 Å². The fourth-order valence-electron chi connectivity index (χ4n) is 1.09. The van der Waals surface area contributed by atoms with E-state index in [4.69, 9.17) is 39.5 Å². The van der Waals surface area contributed by atoms with Gasteiger partial charge in [-0.05, 0) is 25.5 Å². The van der Waals surface area contributed by atoms with Crippen molar-refractivity contribution in [3.8, 4) is 5.75 Å². The average Bonchev–Trinajstić information content (AvgIpc) is 2.22. The minimum Gasteiger partial charge on any atom is -0.472 e. The van der Waals surface area contributed by atoms with Crippen molar-refractivity contribution in [2.24, 2.45) is 0 Å². The molecule has 2 nitrogen and oxygen atoms in total. The molecule has 1 unspecified atom stereocenters. The highest BCUT2D eigenvalue weighted by molar-refractivity contribution is 6.37. The molecule has 0 amide bonds. The van der Waals surface area contributed by atoms with Gasteiger partial charge in [-0.15, -0.1) is 0 Å². The predicted molar refractivity (Wildman–Crippen MR) is 67.0 cm³/mol. The lowest BCUT2D eigenvalue weighted by Gasteiger charge is -2.14. The lowest BCUT2D eigenvalue weighted by molar-refractivity contribution is 0.101. The molecule has 0 spiro atoms. The van der Waals surface area contributed by atoms with Gasteiger partial charge in [0, 0.05) is 5.56 Å². The molecular weight excluding hydrogens is 270 g/mol. The van der Waals surface area contributed by atoms with Crippen molar-refractivity contribution in [2.45, 2.75) is 25.8 Å². The molecule has 0 saturated heterocycles. The Morgan fingerprint density at radius 3 is 2.25 bits per heavy atom. The van der Waals surface area contributed by atoms with Gasteiger partial charge in [0.25, 0.3) is 0 Å². The van der Waals surface area contributed by atoms with Gasteiger partial charge in [-0.1, -0.05) is 41.7 Å². The summed E-state index contributed by atoms with van der Waals surface area (Å²) in [7, 11) is 0. The normalized spacial score (nSPS) is 12.3. The fourth-order valence-corrected chi connectivity index (χ4v) is 1.75. The molecule has 0 aromatic heterocycles.